The lowest BCUT2D eigenvalue weighted by Crippen LogP contribution is -2.47. The maximum Gasteiger partial charge on any atom is 0.264 e. The van der Waals surface area contributed by atoms with Crippen LogP contribution in [0.4, 0.5) is 0 Å². The quantitative estimate of drug-likeness (QED) is 0.849. The van der Waals surface area contributed by atoms with Crippen molar-refractivity contribution in [3.8, 4) is 0 Å². The average Bonchev–Trinajstić information content (AvgIpc) is 2.70. The Morgan fingerprint density at radius 3 is 2.94 bits per heavy atom. The Labute approximate surface area is 128 Å². The molecule has 1 aromatic rings. The number of carbonyl (C=O) groups excluding carboxylic acids is 1. The molecule has 1 aromatic heterocycles. The van der Waals surface area contributed by atoms with Crippen molar-refractivity contribution in [3.63, 3.8) is 0 Å². The highest BCUT2D eigenvalue weighted by molar-refractivity contribution is 9.13. The Hall–Kier alpha value is 0.0900. The van der Waals surface area contributed by atoms with Gasteiger partial charge in [-0.15, -0.1) is 11.3 Å². The highest BCUT2D eigenvalue weighted by Crippen LogP contribution is 2.33. The average molecular weight is 396 g/mol. The van der Waals surface area contributed by atoms with Gasteiger partial charge in [-0.3, -0.25) is 4.79 Å². The number of carbonyl (C=O) groups is 1. The fourth-order valence-electron chi connectivity index (χ4n) is 2.31. The van der Waals surface area contributed by atoms with Crippen molar-refractivity contribution in [2.45, 2.75) is 25.3 Å². The summed E-state index contributed by atoms with van der Waals surface area (Å²) in [5, 5.41) is 3.18. The second-order valence-corrected chi connectivity index (χ2v) is 7.66. The lowest BCUT2D eigenvalue weighted by molar-refractivity contribution is 0.0620. The molecule has 2 rings (SSSR count). The van der Waals surface area contributed by atoms with Crippen molar-refractivity contribution in [2.75, 3.05) is 20.1 Å². The molecule has 1 saturated heterocycles. The van der Waals surface area contributed by atoms with Crippen molar-refractivity contribution in [2.24, 2.45) is 0 Å². The number of nitrogens with zero attached hydrogens (tertiary/aromatic N) is 1. The minimum Gasteiger partial charge on any atom is -0.334 e. The lowest BCUT2D eigenvalue weighted by Gasteiger charge is -2.35. The summed E-state index contributed by atoms with van der Waals surface area (Å²) in [6, 6.07) is 2.23. The topological polar surface area (TPSA) is 32.3 Å². The number of thiophene rings is 1. The van der Waals surface area contributed by atoms with E-state index in [-0.39, 0.29) is 5.91 Å². The van der Waals surface area contributed by atoms with Crippen molar-refractivity contribution in [1.82, 2.24) is 10.2 Å². The summed E-state index contributed by atoms with van der Waals surface area (Å²) in [5.41, 5.74) is 0. The molecular formula is C12H16Br2N2OS. The van der Waals surface area contributed by atoms with Gasteiger partial charge in [0.25, 0.3) is 5.91 Å². The Bertz CT molecular complexity index is 414. The standard InChI is InChI=1S/C12H16Br2N2OS/c1-15-7-8-4-2-3-5-16(8)12(17)10-6-9(13)11(14)18-10/h6,8,15H,2-5,7H2,1H3. The molecule has 6 heteroatoms. The second kappa shape index (κ2) is 6.50. The van der Waals surface area contributed by atoms with Crippen LogP contribution in [0.25, 0.3) is 0 Å². The Morgan fingerprint density at radius 2 is 2.33 bits per heavy atom. The number of amides is 1. The van der Waals surface area contributed by atoms with E-state index in [1.165, 1.54) is 17.8 Å². The molecule has 0 spiro atoms. The molecule has 1 fully saturated rings. The van der Waals surface area contributed by atoms with E-state index in [1.54, 1.807) is 0 Å². The van der Waals surface area contributed by atoms with E-state index in [9.17, 15) is 4.79 Å². The maximum absolute atomic E-state index is 12.5. The first-order valence-corrected chi connectivity index (χ1v) is 8.44. The molecule has 0 aliphatic carbocycles. The molecule has 1 atom stereocenters. The SMILES string of the molecule is CNCC1CCCCN1C(=O)c1cc(Br)c(Br)s1. The van der Waals surface area contributed by atoms with Crippen LogP contribution in [-0.2, 0) is 0 Å². The smallest absolute Gasteiger partial charge is 0.264 e. The molecule has 1 aliphatic heterocycles. The Morgan fingerprint density at radius 1 is 1.56 bits per heavy atom. The molecule has 1 amide bonds. The van der Waals surface area contributed by atoms with E-state index in [0.29, 0.717) is 6.04 Å². The number of nitrogens with one attached hydrogen (secondary N) is 1. The fourth-order valence-corrected chi connectivity index (χ4v) is 4.30. The van der Waals surface area contributed by atoms with Gasteiger partial charge in [0.1, 0.15) is 0 Å². The summed E-state index contributed by atoms with van der Waals surface area (Å²) in [6.07, 6.45) is 3.42. The molecule has 100 valence electrons. The molecule has 2 heterocycles. The number of rotatable bonds is 3. The van der Waals surface area contributed by atoms with Gasteiger partial charge in [0.05, 0.1) is 8.66 Å². The summed E-state index contributed by atoms with van der Waals surface area (Å²) in [6.45, 7) is 1.75. The van der Waals surface area contributed by atoms with E-state index < -0.39 is 0 Å². The van der Waals surface area contributed by atoms with E-state index in [0.717, 1.165) is 39.1 Å². The first-order valence-electron chi connectivity index (χ1n) is 6.04. The molecule has 0 aromatic carbocycles. The molecule has 3 nitrogen and oxygen atoms in total. The van der Waals surface area contributed by atoms with Crippen LogP contribution in [-0.4, -0.2) is 37.0 Å². The molecule has 18 heavy (non-hydrogen) atoms. The summed E-state index contributed by atoms with van der Waals surface area (Å²) in [4.78, 5) is 15.3. The zero-order valence-corrected chi connectivity index (χ0v) is 14.2. The zero-order valence-electron chi connectivity index (χ0n) is 10.2. The van der Waals surface area contributed by atoms with Crippen LogP contribution in [0.15, 0.2) is 14.3 Å². The van der Waals surface area contributed by atoms with Crippen molar-refractivity contribution in [3.05, 3.63) is 19.2 Å². The minimum atomic E-state index is 0.159. The number of likely N-dealkylation sites (N-methyl/N-ethyl adjacent to an activating group) is 1. The van der Waals surface area contributed by atoms with Gasteiger partial charge < -0.3 is 10.2 Å². The third kappa shape index (κ3) is 3.15. The van der Waals surface area contributed by atoms with E-state index >= 15 is 0 Å². The van der Waals surface area contributed by atoms with E-state index in [1.807, 2.05) is 18.0 Å². The maximum atomic E-state index is 12.5. The zero-order chi connectivity index (χ0) is 13.1. The van der Waals surface area contributed by atoms with Gasteiger partial charge >= 0.3 is 0 Å². The first kappa shape index (κ1) is 14.5. The second-order valence-electron chi connectivity index (χ2n) is 4.44. The predicted octanol–water partition coefficient (Wildman–Crippen LogP) is 3.49. The Kier molecular flexibility index (Phi) is 5.24. The molecule has 1 unspecified atom stereocenters. The normalized spacial score (nSPS) is 20.2. The molecule has 0 saturated carbocycles. The number of hydrogen-bond acceptors (Lipinski definition) is 3. The number of hydrogen-bond donors (Lipinski definition) is 1. The first-order chi connectivity index (χ1) is 8.63. The van der Waals surface area contributed by atoms with Crippen LogP contribution in [0.3, 0.4) is 0 Å². The number of likely N-dealkylation sites (tertiary alicyclic amines) is 1. The molecular weight excluding hydrogens is 380 g/mol. The molecule has 1 N–H and O–H groups in total. The summed E-state index contributed by atoms with van der Waals surface area (Å²) < 4.78 is 1.94. The number of piperidine rings is 1. The fraction of sp³-hybridized carbons (Fsp3) is 0.583. The molecule has 0 bridgehead atoms. The van der Waals surface area contributed by atoms with Gasteiger partial charge in [0.15, 0.2) is 0 Å². The van der Waals surface area contributed by atoms with Gasteiger partial charge in [-0.05, 0) is 64.2 Å². The third-order valence-corrected chi connectivity index (χ3v) is 6.43. The monoisotopic (exact) mass is 394 g/mol. The van der Waals surface area contributed by atoms with E-state index in [4.69, 9.17) is 0 Å². The summed E-state index contributed by atoms with van der Waals surface area (Å²) in [7, 11) is 1.94. The highest BCUT2D eigenvalue weighted by atomic mass is 79.9. The van der Waals surface area contributed by atoms with E-state index in [2.05, 4.69) is 37.2 Å². The largest absolute Gasteiger partial charge is 0.334 e. The predicted molar refractivity (Wildman–Crippen MR) is 82.3 cm³/mol. The van der Waals surface area contributed by atoms with Crippen molar-refractivity contribution in [1.29, 1.82) is 0 Å². The van der Waals surface area contributed by atoms with Crippen LogP contribution in [0, 0.1) is 0 Å². The van der Waals surface area contributed by atoms with Crippen molar-refractivity contribution >= 4 is 49.1 Å². The summed E-state index contributed by atoms with van der Waals surface area (Å²) >= 11 is 8.37. The lowest BCUT2D eigenvalue weighted by atomic mass is 10.0. The Balaban J connectivity index is 2.15. The van der Waals surface area contributed by atoms with Crippen molar-refractivity contribution < 1.29 is 4.79 Å². The van der Waals surface area contributed by atoms with Gasteiger partial charge in [-0.2, -0.15) is 0 Å². The number of halogens is 2. The van der Waals surface area contributed by atoms with Gasteiger partial charge in [-0.1, -0.05) is 0 Å². The summed E-state index contributed by atoms with van der Waals surface area (Å²) in [5.74, 6) is 0.159. The third-order valence-electron chi connectivity index (χ3n) is 3.18. The van der Waals surface area contributed by atoms with Gasteiger partial charge in [0, 0.05) is 23.6 Å². The molecule has 1 aliphatic rings. The van der Waals surface area contributed by atoms with Gasteiger partial charge in [0.2, 0.25) is 0 Å². The van der Waals surface area contributed by atoms with Crippen LogP contribution >= 0.6 is 43.2 Å². The van der Waals surface area contributed by atoms with Crippen LogP contribution < -0.4 is 5.32 Å². The highest BCUT2D eigenvalue weighted by Gasteiger charge is 2.28. The van der Waals surface area contributed by atoms with Crippen LogP contribution in [0.2, 0.25) is 0 Å². The van der Waals surface area contributed by atoms with Crippen LogP contribution in [0.1, 0.15) is 28.9 Å². The molecule has 0 radical (unpaired) electrons. The van der Waals surface area contributed by atoms with Crippen LogP contribution in [0.5, 0.6) is 0 Å². The minimum absolute atomic E-state index is 0.159. The van der Waals surface area contributed by atoms with Gasteiger partial charge in [-0.25, -0.2) is 0 Å².